The lowest BCUT2D eigenvalue weighted by atomic mass is 10.1. The first kappa shape index (κ1) is 12.5. The number of carbonyl (C=O) groups is 1. The largest absolute Gasteiger partial charge is 0.369 e. The van der Waals surface area contributed by atoms with Crippen molar-refractivity contribution in [2.24, 2.45) is 5.73 Å². The van der Waals surface area contributed by atoms with Crippen molar-refractivity contribution < 1.29 is 13.6 Å². The third-order valence-corrected chi connectivity index (χ3v) is 2.05. The zero-order valence-corrected chi connectivity index (χ0v) is 9.15. The molecule has 0 radical (unpaired) electrons. The molecule has 1 aromatic heterocycles. The highest BCUT2D eigenvalue weighted by Crippen LogP contribution is 2.18. The van der Waals surface area contributed by atoms with E-state index in [4.69, 9.17) is 5.73 Å². The number of hydrogen-bond donors (Lipinski definition) is 1. The van der Waals surface area contributed by atoms with Gasteiger partial charge in [0.15, 0.2) is 0 Å². The van der Waals surface area contributed by atoms with Crippen molar-refractivity contribution in [2.75, 3.05) is 0 Å². The Morgan fingerprint density at radius 1 is 1.50 bits per heavy atom. The highest BCUT2D eigenvalue weighted by molar-refractivity contribution is 5.76. The highest BCUT2D eigenvalue weighted by Gasteiger charge is 2.19. The lowest BCUT2D eigenvalue weighted by Gasteiger charge is -2.09. The molecule has 0 bridgehead atoms. The first-order chi connectivity index (χ1) is 7.41. The predicted octanol–water partition coefficient (Wildman–Crippen LogP) is 0.694. The number of hydrogen-bond acceptors (Lipinski definition) is 3. The van der Waals surface area contributed by atoms with Crippen molar-refractivity contribution in [3.8, 4) is 0 Å². The van der Waals surface area contributed by atoms with E-state index < -0.39 is 18.9 Å². The van der Waals surface area contributed by atoms with Crippen LogP contribution < -0.4 is 5.73 Å². The molecule has 2 N–H and O–H groups in total. The molecule has 0 unspecified atom stereocenters. The number of primary amides is 1. The van der Waals surface area contributed by atoms with Gasteiger partial charge in [0.25, 0.3) is 6.43 Å². The Morgan fingerprint density at radius 3 is 2.56 bits per heavy atom. The summed E-state index contributed by atoms with van der Waals surface area (Å²) in [6.45, 7) is 3.13. The van der Waals surface area contributed by atoms with Crippen LogP contribution in [-0.4, -0.2) is 27.3 Å². The van der Waals surface area contributed by atoms with Crippen LogP contribution in [0.2, 0.25) is 0 Å². The third kappa shape index (κ3) is 2.98. The Hall–Kier alpha value is -1.53. The minimum atomic E-state index is -2.50. The van der Waals surface area contributed by atoms with E-state index in [1.54, 1.807) is 0 Å². The molecule has 0 saturated carbocycles. The molecule has 16 heavy (non-hydrogen) atoms. The van der Waals surface area contributed by atoms with Gasteiger partial charge in [-0.25, -0.2) is 13.5 Å². The minimum absolute atomic E-state index is 0.0388. The standard InChI is InChI=1S/C9H14F2N4O/c1-5(2)9-6(3-8(12)16)13-14-15(9)4-7(10)11/h5,7H,3-4H2,1-2H3,(H2,12,16). The van der Waals surface area contributed by atoms with E-state index >= 15 is 0 Å². The van der Waals surface area contributed by atoms with Crippen molar-refractivity contribution in [3.63, 3.8) is 0 Å². The summed E-state index contributed by atoms with van der Waals surface area (Å²) in [5.41, 5.74) is 5.96. The maximum absolute atomic E-state index is 12.3. The van der Waals surface area contributed by atoms with Gasteiger partial charge in [0.2, 0.25) is 5.91 Å². The second-order valence-corrected chi connectivity index (χ2v) is 3.79. The quantitative estimate of drug-likeness (QED) is 0.811. The van der Waals surface area contributed by atoms with E-state index in [2.05, 4.69) is 10.3 Å². The SMILES string of the molecule is CC(C)c1c(CC(N)=O)nnn1CC(F)F. The van der Waals surface area contributed by atoms with Crippen molar-refractivity contribution in [3.05, 3.63) is 11.4 Å². The molecule has 1 aromatic rings. The van der Waals surface area contributed by atoms with E-state index in [0.29, 0.717) is 11.4 Å². The van der Waals surface area contributed by atoms with Crippen LogP contribution in [0.4, 0.5) is 8.78 Å². The predicted molar refractivity (Wildman–Crippen MR) is 53.0 cm³/mol. The molecule has 5 nitrogen and oxygen atoms in total. The summed E-state index contributed by atoms with van der Waals surface area (Å²) in [5.74, 6) is -0.589. The van der Waals surface area contributed by atoms with Crippen LogP contribution >= 0.6 is 0 Å². The monoisotopic (exact) mass is 232 g/mol. The molecule has 0 aliphatic carbocycles. The lowest BCUT2D eigenvalue weighted by molar-refractivity contribution is -0.117. The first-order valence-electron chi connectivity index (χ1n) is 4.90. The second kappa shape index (κ2) is 5.00. The van der Waals surface area contributed by atoms with Crippen LogP contribution in [0.1, 0.15) is 31.2 Å². The minimum Gasteiger partial charge on any atom is -0.369 e. The van der Waals surface area contributed by atoms with Gasteiger partial charge in [-0.1, -0.05) is 19.1 Å². The Labute approximate surface area is 91.6 Å². The molecule has 1 heterocycles. The molecule has 0 spiro atoms. The van der Waals surface area contributed by atoms with Crippen LogP contribution in [0.25, 0.3) is 0 Å². The van der Waals surface area contributed by atoms with Gasteiger partial charge in [0.05, 0.1) is 17.8 Å². The molecule has 0 aromatic carbocycles. The molecule has 0 atom stereocenters. The summed E-state index contributed by atoms with van der Waals surface area (Å²) in [6.07, 6.45) is -2.57. The number of carbonyl (C=O) groups excluding carboxylic acids is 1. The van der Waals surface area contributed by atoms with Crippen molar-refractivity contribution in [1.29, 1.82) is 0 Å². The Morgan fingerprint density at radius 2 is 2.12 bits per heavy atom. The Kier molecular flexibility index (Phi) is 3.92. The molecule has 0 aliphatic heterocycles. The number of rotatable bonds is 5. The molecule has 1 amide bonds. The van der Waals surface area contributed by atoms with E-state index in [-0.39, 0.29) is 12.3 Å². The molecule has 1 rings (SSSR count). The van der Waals surface area contributed by atoms with E-state index in [1.807, 2.05) is 13.8 Å². The highest BCUT2D eigenvalue weighted by atomic mass is 19.3. The van der Waals surface area contributed by atoms with E-state index in [9.17, 15) is 13.6 Å². The fourth-order valence-corrected chi connectivity index (χ4v) is 1.54. The van der Waals surface area contributed by atoms with Crippen LogP contribution in [0.3, 0.4) is 0 Å². The fourth-order valence-electron chi connectivity index (χ4n) is 1.54. The number of nitrogens with zero attached hydrogens (tertiary/aromatic N) is 3. The number of amides is 1. The molecular weight excluding hydrogens is 218 g/mol. The van der Waals surface area contributed by atoms with E-state index in [1.165, 1.54) is 0 Å². The third-order valence-electron chi connectivity index (χ3n) is 2.05. The summed E-state index contributed by atoms with van der Waals surface area (Å²) in [7, 11) is 0. The Bertz CT molecular complexity index is 376. The molecule has 0 aliphatic rings. The van der Waals surface area contributed by atoms with Gasteiger partial charge in [-0.3, -0.25) is 4.79 Å². The topological polar surface area (TPSA) is 73.8 Å². The molecule has 0 fully saturated rings. The number of alkyl halides is 2. The fraction of sp³-hybridized carbons (Fsp3) is 0.667. The van der Waals surface area contributed by atoms with Gasteiger partial charge in [-0.2, -0.15) is 0 Å². The second-order valence-electron chi connectivity index (χ2n) is 3.79. The number of aromatic nitrogens is 3. The average molecular weight is 232 g/mol. The van der Waals surface area contributed by atoms with Gasteiger partial charge in [-0.15, -0.1) is 5.10 Å². The summed E-state index contributed by atoms with van der Waals surface area (Å²) >= 11 is 0. The Balaban J connectivity index is 3.01. The van der Waals surface area contributed by atoms with Crippen molar-refractivity contribution in [1.82, 2.24) is 15.0 Å². The first-order valence-corrected chi connectivity index (χ1v) is 4.90. The number of nitrogens with two attached hydrogens (primary N) is 1. The summed E-state index contributed by atoms with van der Waals surface area (Å²) in [6, 6.07) is 0. The molecule has 7 heteroatoms. The lowest BCUT2D eigenvalue weighted by Crippen LogP contribution is -2.17. The van der Waals surface area contributed by atoms with E-state index in [0.717, 1.165) is 4.68 Å². The zero-order valence-electron chi connectivity index (χ0n) is 9.15. The maximum Gasteiger partial charge on any atom is 0.257 e. The molecule has 0 saturated heterocycles. The summed E-state index contributed by atoms with van der Waals surface area (Å²) in [5, 5.41) is 7.32. The van der Waals surface area contributed by atoms with Crippen LogP contribution in [0, 0.1) is 0 Å². The zero-order chi connectivity index (χ0) is 12.3. The molecule has 90 valence electrons. The number of halogens is 2. The van der Waals surface area contributed by atoms with Gasteiger partial charge in [0.1, 0.15) is 6.54 Å². The molecular formula is C9H14F2N4O. The summed E-state index contributed by atoms with van der Waals surface area (Å²) < 4.78 is 25.6. The van der Waals surface area contributed by atoms with Crippen molar-refractivity contribution in [2.45, 2.75) is 39.2 Å². The maximum atomic E-state index is 12.3. The van der Waals surface area contributed by atoms with Crippen LogP contribution in [0.5, 0.6) is 0 Å². The average Bonchev–Trinajstić information content (AvgIpc) is 2.45. The van der Waals surface area contributed by atoms with Gasteiger partial charge in [-0.05, 0) is 5.92 Å². The summed E-state index contributed by atoms with van der Waals surface area (Å²) in [4.78, 5) is 10.8. The smallest absolute Gasteiger partial charge is 0.257 e. The van der Waals surface area contributed by atoms with Crippen LogP contribution in [-0.2, 0) is 17.8 Å². The van der Waals surface area contributed by atoms with Gasteiger partial charge < -0.3 is 5.73 Å². The van der Waals surface area contributed by atoms with Crippen molar-refractivity contribution >= 4 is 5.91 Å². The van der Waals surface area contributed by atoms with Gasteiger partial charge in [0, 0.05) is 0 Å². The van der Waals surface area contributed by atoms with Gasteiger partial charge >= 0.3 is 0 Å². The van der Waals surface area contributed by atoms with Crippen LogP contribution in [0.15, 0.2) is 0 Å². The normalized spacial score (nSPS) is 11.4.